The van der Waals surface area contributed by atoms with Crippen LogP contribution in [0.25, 0.3) is 0 Å². The van der Waals surface area contributed by atoms with Crippen LogP contribution in [0.15, 0.2) is 42.5 Å². The van der Waals surface area contributed by atoms with Crippen molar-refractivity contribution in [3.05, 3.63) is 53.7 Å². The van der Waals surface area contributed by atoms with Crippen molar-refractivity contribution < 1.29 is 9.53 Å². The molecule has 23 heavy (non-hydrogen) atoms. The third-order valence-electron chi connectivity index (χ3n) is 3.32. The number of carbonyl (C=O) groups is 1. The fraction of sp³-hybridized carbons (Fsp3) is 0.333. The highest BCUT2D eigenvalue weighted by Crippen LogP contribution is 2.19. The minimum absolute atomic E-state index is 0.352. The maximum Gasteiger partial charge on any atom is 0.323 e. The zero-order valence-corrected chi connectivity index (χ0v) is 14.0. The highest BCUT2D eigenvalue weighted by Gasteiger charge is 2.09. The molecule has 0 spiro atoms. The van der Waals surface area contributed by atoms with Gasteiger partial charge in [0.2, 0.25) is 0 Å². The molecule has 5 nitrogen and oxygen atoms in total. The summed E-state index contributed by atoms with van der Waals surface area (Å²) in [6.07, 6.45) is -0.454. The summed E-state index contributed by atoms with van der Waals surface area (Å²) in [6.45, 7) is 7.93. The number of hydrogen-bond acceptors (Lipinski definition) is 3. The Labute approximate surface area is 137 Å². The van der Waals surface area contributed by atoms with Crippen molar-refractivity contribution >= 4 is 11.8 Å². The number of aryl methyl sites for hydroxylation is 1. The first-order chi connectivity index (χ1) is 10.9. The maximum absolute atomic E-state index is 11.9. The van der Waals surface area contributed by atoms with Crippen molar-refractivity contribution in [2.24, 2.45) is 0 Å². The van der Waals surface area contributed by atoms with Gasteiger partial charge in [0.05, 0.1) is 0 Å². The molecule has 0 bridgehead atoms. The molecule has 1 aromatic carbocycles. The Kier molecular flexibility index (Phi) is 5.57. The van der Waals surface area contributed by atoms with E-state index in [-0.39, 0.29) is 6.03 Å². The summed E-state index contributed by atoms with van der Waals surface area (Å²) in [5.74, 6) is 1.71. The SMILES string of the molecule is Cc1cccc(NC(=O)NC(C)Oc2ccc(C(C)C)cc2)n1. The van der Waals surface area contributed by atoms with Crippen molar-refractivity contribution in [1.82, 2.24) is 10.3 Å². The topological polar surface area (TPSA) is 63.2 Å². The Hall–Kier alpha value is -2.56. The molecular formula is C18H23N3O2. The average Bonchev–Trinajstić information content (AvgIpc) is 2.47. The Balaban J connectivity index is 1.86. The first-order valence-electron chi connectivity index (χ1n) is 7.72. The van der Waals surface area contributed by atoms with Crippen LogP contribution < -0.4 is 15.4 Å². The smallest absolute Gasteiger partial charge is 0.323 e. The average molecular weight is 313 g/mol. The number of aromatic nitrogens is 1. The van der Waals surface area contributed by atoms with Crippen LogP contribution in [0.4, 0.5) is 10.6 Å². The van der Waals surface area contributed by atoms with Gasteiger partial charge in [-0.15, -0.1) is 0 Å². The Morgan fingerprint density at radius 2 is 1.78 bits per heavy atom. The number of amides is 2. The van der Waals surface area contributed by atoms with Crippen molar-refractivity contribution in [3.8, 4) is 5.75 Å². The fourth-order valence-electron chi connectivity index (χ4n) is 2.11. The minimum Gasteiger partial charge on any atom is -0.471 e. The summed E-state index contributed by atoms with van der Waals surface area (Å²) >= 11 is 0. The van der Waals surface area contributed by atoms with Crippen molar-refractivity contribution in [3.63, 3.8) is 0 Å². The summed E-state index contributed by atoms with van der Waals surface area (Å²) in [5, 5.41) is 5.40. The molecule has 122 valence electrons. The summed E-state index contributed by atoms with van der Waals surface area (Å²) < 4.78 is 5.69. The van der Waals surface area contributed by atoms with Crippen LogP contribution in [-0.4, -0.2) is 17.2 Å². The number of benzene rings is 1. The van der Waals surface area contributed by atoms with Crippen LogP contribution >= 0.6 is 0 Å². The molecule has 0 aliphatic rings. The zero-order valence-electron chi connectivity index (χ0n) is 14.0. The largest absolute Gasteiger partial charge is 0.471 e. The van der Waals surface area contributed by atoms with Gasteiger partial charge in [0.15, 0.2) is 6.23 Å². The molecule has 0 aliphatic heterocycles. The van der Waals surface area contributed by atoms with E-state index in [2.05, 4.69) is 29.5 Å². The van der Waals surface area contributed by atoms with Gasteiger partial charge in [-0.2, -0.15) is 0 Å². The fourth-order valence-corrected chi connectivity index (χ4v) is 2.11. The third kappa shape index (κ3) is 5.29. The van der Waals surface area contributed by atoms with Gasteiger partial charge in [-0.05, 0) is 49.6 Å². The number of nitrogens with one attached hydrogen (secondary N) is 2. The van der Waals surface area contributed by atoms with Crippen LogP contribution in [0.1, 0.15) is 37.9 Å². The summed E-state index contributed by atoms with van der Waals surface area (Å²) in [6, 6.07) is 13.0. The van der Waals surface area contributed by atoms with Gasteiger partial charge < -0.3 is 10.1 Å². The molecule has 2 aromatic rings. The van der Waals surface area contributed by atoms with Gasteiger partial charge in [-0.25, -0.2) is 9.78 Å². The molecule has 2 amide bonds. The predicted molar refractivity (Wildman–Crippen MR) is 91.7 cm³/mol. The molecule has 1 aromatic heterocycles. The molecule has 0 saturated carbocycles. The number of pyridine rings is 1. The molecular weight excluding hydrogens is 290 g/mol. The second-order valence-electron chi connectivity index (χ2n) is 5.75. The summed E-state index contributed by atoms with van der Waals surface area (Å²) in [4.78, 5) is 16.1. The van der Waals surface area contributed by atoms with E-state index < -0.39 is 6.23 Å². The number of anilines is 1. The Morgan fingerprint density at radius 1 is 1.09 bits per heavy atom. The number of urea groups is 1. The number of rotatable bonds is 5. The lowest BCUT2D eigenvalue weighted by molar-refractivity contribution is 0.183. The van der Waals surface area contributed by atoms with Gasteiger partial charge >= 0.3 is 6.03 Å². The maximum atomic E-state index is 11.9. The van der Waals surface area contributed by atoms with E-state index in [9.17, 15) is 4.79 Å². The first kappa shape index (κ1) is 16.8. The summed E-state index contributed by atoms with van der Waals surface area (Å²) in [5.41, 5.74) is 2.10. The normalized spacial score (nSPS) is 11.9. The molecule has 1 heterocycles. The zero-order chi connectivity index (χ0) is 16.8. The van der Waals surface area contributed by atoms with Crippen LogP contribution in [0.5, 0.6) is 5.75 Å². The van der Waals surface area contributed by atoms with Crippen LogP contribution in [0, 0.1) is 6.92 Å². The second kappa shape index (κ2) is 7.63. The molecule has 0 radical (unpaired) electrons. The van der Waals surface area contributed by atoms with Crippen LogP contribution in [0.2, 0.25) is 0 Å². The number of carbonyl (C=O) groups excluding carboxylic acids is 1. The van der Waals surface area contributed by atoms with E-state index in [4.69, 9.17) is 4.74 Å². The van der Waals surface area contributed by atoms with Crippen LogP contribution in [0.3, 0.4) is 0 Å². The number of hydrogen-bond donors (Lipinski definition) is 2. The van der Waals surface area contributed by atoms with E-state index in [0.29, 0.717) is 11.7 Å². The van der Waals surface area contributed by atoms with E-state index in [1.165, 1.54) is 5.56 Å². The lowest BCUT2D eigenvalue weighted by Gasteiger charge is -2.17. The van der Waals surface area contributed by atoms with E-state index in [0.717, 1.165) is 11.4 Å². The van der Waals surface area contributed by atoms with E-state index in [1.54, 1.807) is 13.0 Å². The van der Waals surface area contributed by atoms with Crippen molar-refractivity contribution in [1.29, 1.82) is 0 Å². The molecule has 5 heteroatoms. The van der Waals surface area contributed by atoms with Gasteiger partial charge in [-0.1, -0.05) is 32.0 Å². The van der Waals surface area contributed by atoms with Crippen molar-refractivity contribution in [2.75, 3.05) is 5.32 Å². The van der Waals surface area contributed by atoms with E-state index in [1.807, 2.05) is 43.3 Å². The quantitative estimate of drug-likeness (QED) is 0.818. The molecule has 1 atom stereocenters. The Bertz CT molecular complexity index is 654. The summed E-state index contributed by atoms with van der Waals surface area (Å²) in [7, 11) is 0. The Morgan fingerprint density at radius 3 is 2.39 bits per heavy atom. The lowest BCUT2D eigenvalue weighted by Crippen LogP contribution is -2.39. The predicted octanol–water partition coefficient (Wildman–Crippen LogP) is 4.06. The third-order valence-corrected chi connectivity index (χ3v) is 3.32. The number of ether oxygens (including phenoxy) is 1. The monoisotopic (exact) mass is 313 g/mol. The minimum atomic E-state index is -0.454. The standard InChI is InChI=1S/C18H23N3O2/c1-12(2)15-8-10-16(11-9-15)23-14(4)20-18(22)21-17-7-5-6-13(3)19-17/h5-12,14H,1-4H3,(H2,19,20,21,22). The molecule has 2 N–H and O–H groups in total. The highest BCUT2D eigenvalue weighted by atomic mass is 16.5. The van der Waals surface area contributed by atoms with Crippen LogP contribution in [-0.2, 0) is 0 Å². The first-order valence-corrected chi connectivity index (χ1v) is 7.72. The van der Waals surface area contributed by atoms with E-state index >= 15 is 0 Å². The van der Waals surface area contributed by atoms with Crippen molar-refractivity contribution in [2.45, 2.75) is 39.8 Å². The highest BCUT2D eigenvalue weighted by molar-refractivity contribution is 5.88. The molecule has 2 rings (SSSR count). The van der Waals surface area contributed by atoms with Gasteiger partial charge in [0, 0.05) is 5.69 Å². The molecule has 0 fully saturated rings. The number of nitrogens with zero attached hydrogens (tertiary/aromatic N) is 1. The van der Waals surface area contributed by atoms with Gasteiger partial charge in [-0.3, -0.25) is 5.32 Å². The molecule has 0 saturated heterocycles. The van der Waals surface area contributed by atoms with Gasteiger partial charge in [0.25, 0.3) is 0 Å². The second-order valence-corrected chi connectivity index (χ2v) is 5.75. The van der Waals surface area contributed by atoms with Gasteiger partial charge in [0.1, 0.15) is 11.6 Å². The lowest BCUT2D eigenvalue weighted by atomic mass is 10.0. The molecule has 1 unspecified atom stereocenters. The molecule has 0 aliphatic carbocycles.